The predicted octanol–water partition coefficient (Wildman–Crippen LogP) is 3.75. The van der Waals surface area contributed by atoms with Crippen molar-refractivity contribution in [2.45, 2.75) is 39.7 Å². The maximum absolute atomic E-state index is 13.8. The molecule has 0 aliphatic rings. The lowest BCUT2D eigenvalue weighted by molar-refractivity contribution is 0.380. The third-order valence-electron chi connectivity index (χ3n) is 4.49. The lowest BCUT2D eigenvalue weighted by Gasteiger charge is -2.20. The molecule has 2 aromatic rings. The summed E-state index contributed by atoms with van der Waals surface area (Å²) in [6.07, 6.45) is 2.52. The van der Waals surface area contributed by atoms with Gasteiger partial charge in [0.15, 0.2) is 5.96 Å². The van der Waals surface area contributed by atoms with Crippen molar-refractivity contribution < 1.29 is 8.91 Å². The second-order valence-corrected chi connectivity index (χ2v) is 6.32. The fraction of sp³-hybridized carbons (Fsp3) is 0.500. The minimum Gasteiger partial charge on any atom is -0.372 e. The number of aryl methyl sites for hydroxylation is 2. The van der Waals surface area contributed by atoms with E-state index in [1.165, 1.54) is 6.07 Å². The van der Waals surface area contributed by atoms with E-state index in [9.17, 15) is 4.39 Å². The number of guanidine groups is 1. The zero-order valence-corrected chi connectivity index (χ0v) is 19.4. The normalized spacial score (nSPS) is 11.1. The maximum atomic E-state index is 13.8. The summed E-state index contributed by atoms with van der Waals surface area (Å²) in [5, 5.41) is 10.7. The summed E-state index contributed by atoms with van der Waals surface area (Å²) in [5.74, 6) is 1.45. The van der Waals surface area contributed by atoms with Gasteiger partial charge >= 0.3 is 0 Å². The molecule has 2 rings (SSSR count). The van der Waals surface area contributed by atoms with Gasteiger partial charge in [-0.25, -0.2) is 4.39 Å². The van der Waals surface area contributed by atoms with E-state index in [0.717, 1.165) is 55.3 Å². The molecule has 0 saturated carbocycles. The van der Waals surface area contributed by atoms with Gasteiger partial charge in [0.2, 0.25) is 0 Å². The number of rotatable bonds is 9. The quantitative estimate of drug-likeness (QED) is 0.236. The molecule has 0 amide bonds. The molecule has 6 nitrogen and oxygen atoms in total. The number of para-hydroxylation sites is 1. The molecule has 156 valence electrons. The van der Waals surface area contributed by atoms with E-state index >= 15 is 0 Å². The molecular weight excluding hydrogens is 472 g/mol. The lowest BCUT2D eigenvalue weighted by atomic mass is 10.1. The second kappa shape index (κ2) is 12.6. The van der Waals surface area contributed by atoms with Gasteiger partial charge in [-0.2, -0.15) is 0 Å². The first kappa shape index (κ1) is 24.2. The van der Waals surface area contributed by atoms with Crippen LogP contribution < -0.4 is 15.5 Å². The minimum atomic E-state index is -0.197. The highest BCUT2D eigenvalue weighted by Crippen LogP contribution is 2.17. The summed E-state index contributed by atoms with van der Waals surface area (Å²) in [6.45, 7) is 6.24. The molecule has 0 aliphatic heterocycles. The van der Waals surface area contributed by atoms with Gasteiger partial charge in [-0.15, -0.1) is 24.0 Å². The largest absolute Gasteiger partial charge is 0.372 e. The Morgan fingerprint density at radius 3 is 2.61 bits per heavy atom. The van der Waals surface area contributed by atoms with E-state index < -0.39 is 0 Å². The van der Waals surface area contributed by atoms with E-state index in [-0.39, 0.29) is 29.8 Å². The Labute approximate surface area is 184 Å². The average Bonchev–Trinajstić information content (AvgIpc) is 3.09. The molecule has 0 saturated heterocycles. The van der Waals surface area contributed by atoms with Crippen LogP contribution >= 0.6 is 24.0 Å². The van der Waals surface area contributed by atoms with Gasteiger partial charge in [0, 0.05) is 45.7 Å². The molecule has 0 fully saturated rings. The van der Waals surface area contributed by atoms with Crippen LogP contribution in [0, 0.1) is 5.82 Å². The van der Waals surface area contributed by atoms with Gasteiger partial charge in [-0.1, -0.05) is 31.1 Å². The highest BCUT2D eigenvalue weighted by Gasteiger charge is 2.13. The van der Waals surface area contributed by atoms with Gasteiger partial charge < -0.3 is 20.1 Å². The number of halogens is 2. The first-order valence-corrected chi connectivity index (χ1v) is 9.47. The van der Waals surface area contributed by atoms with Crippen molar-refractivity contribution in [2.75, 3.05) is 32.1 Å². The number of nitrogens with one attached hydrogen (secondary N) is 2. The first-order chi connectivity index (χ1) is 13.1. The van der Waals surface area contributed by atoms with Crippen molar-refractivity contribution in [3.8, 4) is 0 Å². The number of aliphatic imine (C=N–C) groups is 1. The number of hydrogen-bond donors (Lipinski definition) is 2. The summed E-state index contributed by atoms with van der Waals surface area (Å²) in [6, 6.07) is 6.82. The maximum Gasteiger partial charge on any atom is 0.191 e. The Balaban J connectivity index is 0.00000392. The van der Waals surface area contributed by atoms with Gasteiger partial charge in [-0.3, -0.25) is 4.99 Å². The molecule has 28 heavy (non-hydrogen) atoms. The fourth-order valence-corrected chi connectivity index (χ4v) is 2.94. The third kappa shape index (κ3) is 6.65. The molecule has 8 heteroatoms. The van der Waals surface area contributed by atoms with E-state index in [4.69, 9.17) is 4.52 Å². The Morgan fingerprint density at radius 1 is 1.21 bits per heavy atom. The van der Waals surface area contributed by atoms with Gasteiger partial charge in [-0.05, 0) is 25.0 Å². The number of aromatic nitrogens is 1. The van der Waals surface area contributed by atoms with Crippen LogP contribution in [0.15, 0.2) is 33.8 Å². The summed E-state index contributed by atoms with van der Waals surface area (Å²) in [5.41, 5.74) is 2.72. The van der Waals surface area contributed by atoms with E-state index in [2.05, 4.69) is 34.6 Å². The summed E-state index contributed by atoms with van der Waals surface area (Å²) < 4.78 is 19.2. The SMILES string of the molecule is CCc1noc(CC)c1CNC(=NC)NCCCN(C)c1ccccc1F.I. The Hall–Kier alpha value is -1.84. The second-order valence-electron chi connectivity index (χ2n) is 6.32. The number of hydrogen-bond acceptors (Lipinski definition) is 4. The van der Waals surface area contributed by atoms with E-state index in [1.54, 1.807) is 19.2 Å². The fourth-order valence-electron chi connectivity index (χ4n) is 2.94. The molecule has 1 aromatic heterocycles. The number of nitrogens with zero attached hydrogens (tertiary/aromatic N) is 3. The smallest absolute Gasteiger partial charge is 0.191 e. The van der Waals surface area contributed by atoms with Crippen molar-refractivity contribution in [3.05, 3.63) is 47.1 Å². The summed E-state index contributed by atoms with van der Waals surface area (Å²) >= 11 is 0. The minimum absolute atomic E-state index is 0. The average molecular weight is 503 g/mol. The van der Waals surface area contributed by atoms with Crippen molar-refractivity contribution in [2.24, 2.45) is 4.99 Å². The molecule has 0 atom stereocenters. The Bertz CT molecular complexity index is 728. The van der Waals surface area contributed by atoms with Gasteiger partial charge in [0.05, 0.1) is 11.4 Å². The topological polar surface area (TPSA) is 65.7 Å². The Kier molecular flexibility index (Phi) is 10.9. The van der Waals surface area contributed by atoms with Crippen LogP contribution in [0.4, 0.5) is 10.1 Å². The molecule has 0 radical (unpaired) electrons. The zero-order valence-electron chi connectivity index (χ0n) is 17.1. The van der Waals surface area contributed by atoms with E-state index in [0.29, 0.717) is 12.2 Å². The molecule has 1 heterocycles. The summed E-state index contributed by atoms with van der Waals surface area (Å²) in [7, 11) is 3.64. The summed E-state index contributed by atoms with van der Waals surface area (Å²) in [4.78, 5) is 6.18. The van der Waals surface area contributed by atoms with Crippen molar-refractivity contribution >= 4 is 35.6 Å². The van der Waals surface area contributed by atoms with Crippen LogP contribution in [0.2, 0.25) is 0 Å². The van der Waals surface area contributed by atoms with E-state index in [1.807, 2.05) is 18.0 Å². The first-order valence-electron chi connectivity index (χ1n) is 9.47. The van der Waals surface area contributed by atoms with Crippen LogP contribution in [-0.4, -0.2) is 38.3 Å². The van der Waals surface area contributed by atoms with Crippen molar-refractivity contribution in [1.29, 1.82) is 0 Å². The monoisotopic (exact) mass is 503 g/mol. The van der Waals surface area contributed by atoms with Crippen LogP contribution in [0.1, 0.15) is 37.3 Å². The lowest BCUT2D eigenvalue weighted by Crippen LogP contribution is -2.38. The van der Waals surface area contributed by atoms with Crippen LogP contribution in [0.3, 0.4) is 0 Å². The molecular formula is C20H31FIN5O. The van der Waals surface area contributed by atoms with Crippen LogP contribution in [0.25, 0.3) is 0 Å². The van der Waals surface area contributed by atoms with Gasteiger partial charge in [0.25, 0.3) is 0 Å². The molecule has 0 aliphatic carbocycles. The Morgan fingerprint density at radius 2 is 1.96 bits per heavy atom. The standard InChI is InChI=1S/C20H30FN5O.HI/c1-5-17-15(19(6-2)27-25-17)14-24-20(22-3)23-12-9-13-26(4)18-11-8-7-10-16(18)21;/h7-8,10-11H,5-6,9,12-14H2,1-4H3,(H2,22,23,24);1H. The number of anilines is 1. The molecule has 0 spiro atoms. The molecule has 0 bridgehead atoms. The zero-order chi connectivity index (χ0) is 19.6. The molecule has 2 N–H and O–H groups in total. The van der Waals surface area contributed by atoms with Gasteiger partial charge in [0.1, 0.15) is 11.6 Å². The van der Waals surface area contributed by atoms with Crippen LogP contribution in [0.5, 0.6) is 0 Å². The highest BCUT2D eigenvalue weighted by molar-refractivity contribution is 14.0. The van der Waals surface area contributed by atoms with Crippen molar-refractivity contribution in [1.82, 2.24) is 15.8 Å². The number of benzene rings is 1. The third-order valence-corrected chi connectivity index (χ3v) is 4.49. The highest BCUT2D eigenvalue weighted by atomic mass is 127. The molecule has 0 unspecified atom stereocenters. The predicted molar refractivity (Wildman–Crippen MR) is 123 cm³/mol. The molecule has 1 aromatic carbocycles. The van der Waals surface area contributed by atoms with Crippen molar-refractivity contribution in [3.63, 3.8) is 0 Å². The van der Waals surface area contributed by atoms with Crippen LogP contribution in [-0.2, 0) is 19.4 Å².